The topological polar surface area (TPSA) is 72.9 Å². The van der Waals surface area contributed by atoms with Crippen molar-refractivity contribution in [3.8, 4) is 0 Å². The van der Waals surface area contributed by atoms with Crippen LogP contribution in [0.4, 0.5) is 0 Å². The van der Waals surface area contributed by atoms with Crippen LogP contribution in [-0.4, -0.2) is 52.0 Å². The van der Waals surface area contributed by atoms with Crippen molar-refractivity contribution in [1.29, 1.82) is 0 Å². The minimum Gasteiger partial charge on any atom is -0.331 e. The molecule has 0 spiro atoms. The second-order valence-corrected chi connectivity index (χ2v) is 10.9. The quantitative estimate of drug-likeness (QED) is 0.464. The number of rotatable bonds is 5. The molecule has 0 saturated carbocycles. The van der Waals surface area contributed by atoms with Crippen LogP contribution in [0, 0.1) is 5.41 Å². The Kier molecular flexibility index (Phi) is 7.43. The van der Waals surface area contributed by atoms with Crippen molar-refractivity contribution in [3.63, 3.8) is 0 Å². The van der Waals surface area contributed by atoms with Crippen LogP contribution in [0.5, 0.6) is 0 Å². The van der Waals surface area contributed by atoms with Crippen molar-refractivity contribution in [2.24, 2.45) is 5.41 Å². The Hall–Kier alpha value is -2.96. The Balaban J connectivity index is 1.47. The van der Waals surface area contributed by atoms with E-state index in [0.717, 1.165) is 55.6 Å². The summed E-state index contributed by atoms with van der Waals surface area (Å²) < 4.78 is 0. The third-order valence-corrected chi connectivity index (χ3v) is 7.43. The molecule has 1 saturated heterocycles. The number of benzene rings is 2. The second kappa shape index (κ2) is 10.3. The molecule has 4 rings (SSSR count). The molecule has 0 radical (unpaired) electrons. The summed E-state index contributed by atoms with van der Waals surface area (Å²) in [6.45, 7) is 11.2. The fourth-order valence-corrected chi connectivity index (χ4v) is 5.46. The first-order chi connectivity index (χ1) is 16.7. The molecule has 2 unspecified atom stereocenters. The fraction of sp³-hybridized carbons (Fsp3) is 0.448. The summed E-state index contributed by atoms with van der Waals surface area (Å²) in [7, 11) is 0. The summed E-state index contributed by atoms with van der Waals surface area (Å²) in [6, 6.07) is 15.5. The summed E-state index contributed by atoms with van der Waals surface area (Å²) >= 11 is 0. The lowest BCUT2D eigenvalue weighted by atomic mass is 9.76. The minimum atomic E-state index is -0.515. The van der Waals surface area contributed by atoms with Gasteiger partial charge < -0.3 is 4.90 Å². The van der Waals surface area contributed by atoms with Crippen molar-refractivity contribution in [1.82, 2.24) is 15.3 Å². The number of hydrogen-bond acceptors (Lipinski definition) is 4. The van der Waals surface area contributed by atoms with Crippen LogP contribution in [0.1, 0.15) is 78.8 Å². The SMILES string of the molecule is CC1CN(Cc2ccc(C(=O)NO)cc2)CC(C)N1C(=O)c1ccccc1C1=CCC(C)(C)CC1. The summed E-state index contributed by atoms with van der Waals surface area (Å²) in [5.74, 6) is -0.399. The Morgan fingerprint density at radius 3 is 2.29 bits per heavy atom. The van der Waals surface area contributed by atoms with E-state index in [1.165, 1.54) is 5.57 Å². The van der Waals surface area contributed by atoms with Gasteiger partial charge in [0, 0.05) is 42.8 Å². The molecule has 1 aliphatic carbocycles. The molecule has 2 N–H and O–H groups in total. The fourth-order valence-electron chi connectivity index (χ4n) is 5.46. The van der Waals surface area contributed by atoms with E-state index >= 15 is 0 Å². The van der Waals surface area contributed by atoms with Crippen molar-refractivity contribution in [2.75, 3.05) is 13.1 Å². The molecule has 2 aliphatic rings. The molecular weight excluding hydrogens is 438 g/mol. The van der Waals surface area contributed by atoms with E-state index in [2.05, 4.69) is 49.6 Å². The molecule has 0 aromatic heterocycles. The van der Waals surface area contributed by atoms with Crippen molar-refractivity contribution in [3.05, 3.63) is 76.9 Å². The first-order valence-corrected chi connectivity index (χ1v) is 12.6. The molecule has 35 heavy (non-hydrogen) atoms. The van der Waals surface area contributed by atoms with Gasteiger partial charge in [-0.05, 0) is 73.4 Å². The average molecular weight is 476 g/mol. The van der Waals surface area contributed by atoms with E-state index in [1.54, 1.807) is 17.6 Å². The van der Waals surface area contributed by atoms with Gasteiger partial charge in [-0.15, -0.1) is 0 Å². The number of amides is 2. The number of allylic oxidation sites excluding steroid dienone is 2. The highest BCUT2D eigenvalue weighted by atomic mass is 16.5. The molecule has 1 heterocycles. The van der Waals surface area contributed by atoms with Crippen LogP contribution in [0.15, 0.2) is 54.6 Å². The molecular formula is C29H37N3O3. The van der Waals surface area contributed by atoms with Gasteiger partial charge in [0.1, 0.15) is 0 Å². The van der Waals surface area contributed by atoms with Gasteiger partial charge in [0.25, 0.3) is 11.8 Å². The lowest BCUT2D eigenvalue weighted by molar-refractivity contribution is 0.0268. The number of carbonyl (C=O) groups is 2. The summed E-state index contributed by atoms with van der Waals surface area (Å²) in [6.07, 6.45) is 5.52. The van der Waals surface area contributed by atoms with E-state index < -0.39 is 5.91 Å². The van der Waals surface area contributed by atoms with Gasteiger partial charge in [-0.25, -0.2) is 5.48 Å². The van der Waals surface area contributed by atoms with Gasteiger partial charge in [0.15, 0.2) is 0 Å². The van der Waals surface area contributed by atoms with Crippen LogP contribution in [0.3, 0.4) is 0 Å². The number of nitrogens with one attached hydrogen (secondary N) is 1. The summed E-state index contributed by atoms with van der Waals surface area (Å²) in [5.41, 5.74) is 6.69. The van der Waals surface area contributed by atoms with Crippen molar-refractivity contribution in [2.45, 2.75) is 65.6 Å². The molecule has 6 nitrogen and oxygen atoms in total. The van der Waals surface area contributed by atoms with Crippen molar-refractivity contribution < 1.29 is 14.8 Å². The zero-order valence-corrected chi connectivity index (χ0v) is 21.3. The monoisotopic (exact) mass is 475 g/mol. The first kappa shape index (κ1) is 25.1. The predicted molar refractivity (Wildman–Crippen MR) is 138 cm³/mol. The van der Waals surface area contributed by atoms with E-state index in [0.29, 0.717) is 11.0 Å². The van der Waals surface area contributed by atoms with Crippen molar-refractivity contribution >= 4 is 17.4 Å². The number of nitrogens with zero attached hydrogens (tertiary/aromatic N) is 2. The third-order valence-electron chi connectivity index (χ3n) is 7.43. The van der Waals surface area contributed by atoms with Crippen LogP contribution < -0.4 is 5.48 Å². The molecule has 1 fully saturated rings. The Bertz CT molecular complexity index is 1090. The highest BCUT2D eigenvalue weighted by Crippen LogP contribution is 2.39. The van der Waals surface area contributed by atoms with E-state index in [-0.39, 0.29) is 18.0 Å². The largest absolute Gasteiger partial charge is 0.331 e. The zero-order valence-electron chi connectivity index (χ0n) is 21.3. The van der Waals surface area contributed by atoms with Gasteiger partial charge in [-0.3, -0.25) is 19.7 Å². The Morgan fingerprint density at radius 1 is 1.03 bits per heavy atom. The molecule has 2 aromatic rings. The normalized spacial score (nSPS) is 22.4. The lowest BCUT2D eigenvalue weighted by Crippen LogP contribution is -2.58. The molecule has 1 aliphatic heterocycles. The van der Waals surface area contributed by atoms with E-state index in [1.807, 2.05) is 30.3 Å². The average Bonchev–Trinajstić information content (AvgIpc) is 2.83. The van der Waals surface area contributed by atoms with Crippen LogP contribution in [0.2, 0.25) is 0 Å². The first-order valence-electron chi connectivity index (χ1n) is 12.6. The molecule has 186 valence electrons. The minimum absolute atomic E-state index is 0.0815. The lowest BCUT2D eigenvalue weighted by Gasteiger charge is -2.45. The van der Waals surface area contributed by atoms with Gasteiger partial charge in [0.2, 0.25) is 0 Å². The summed E-state index contributed by atoms with van der Waals surface area (Å²) in [5, 5.41) is 8.80. The maximum Gasteiger partial charge on any atom is 0.274 e. The van der Waals surface area contributed by atoms with Gasteiger partial charge in [-0.1, -0.05) is 50.3 Å². The maximum absolute atomic E-state index is 13.8. The number of carbonyl (C=O) groups excluding carboxylic acids is 2. The molecule has 6 heteroatoms. The Labute approximate surface area is 208 Å². The molecule has 2 amide bonds. The Morgan fingerprint density at radius 2 is 1.69 bits per heavy atom. The number of hydroxylamine groups is 1. The number of hydrogen-bond donors (Lipinski definition) is 2. The maximum atomic E-state index is 13.8. The highest BCUT2D eigenvalue weighted by Gasteiger charge is 2.34. The number of piperazine rings is 1. The van der Waals surface area contributed by atoms with Gasteiger partial charge in [0.05, 0.1) is 0 Å². The standard InChI is InChI=1S/C29H37N3O3/c1-20-17-31(19-22-9-11-24(12-10-22)27(33)30-35)18-21(2)32(20)28(34)26-8-6-5-7-25(26)23-13-15-29(3,4)16-14-23/h5-13,20-21,35H,14-19H2,1-4H3,(H,30,33). The predicted octanol–water partition coefficient (Wildman–Crippen LogP) is 5.13. The molecule has 2 aromatic carbocycles. The molecule has 2 atom stereocenters. The smallest absolute Gasteiger partial charge is 0.274 e. The highest BCUT2D eigenvalue weighted by molar-refractivity contribution is 5.99. The van der Waals surface area contributed by atoms with E-state index in [4.69, 9.17) is 5.21 Å². The van der Waals surface area contributed by atoms with E-state index in [9.17, 15) is 9.59 Å². The zero-order chi connectivity index (χ0) is 25.2. The van der Waals surface area contributed by atoms with Gasteiger partial charge in [-0.2, -0.15) is 0 Å². The van der Waals surface area contributed by atoms with Crippen LogP contribution >= 0.6 is 0 Å². The second-order valence-electron chi connectivity index (χ2n) is 10.9. The van der Waals surface area contributed by atoms with Gasteiger partial charge >= 0.3 is 0 Å². The molecule has 0 bridgehead atoms. The third kappa shape index (κ3) is 5.65. The summed E-state index contributed by atoms with van der Waals surface area (Å²) in [4.78, 5) is 29.8. The van der Waals surface area contributed by atoms with Crippen LogP contribution in [-0.2, 0) is 6.54 Å². The van der Waals surface area contributed by atoms with Crippen LogP contribution in [0.25, 0.3) is 5.57 Å².